The van der Waals surface area contributed by atoms with Gasteiger partial charge >= 0.3 is 0 Å². The van der Waals surface area contributed by atoms with Gasteiger partial charge in [0.1, 0.15) is 11.9 Å². The molecular weight excluding hydrogens is 604 g/mol. The number of hydrogen-bond acceptors (Lipinski definition) is 5. The predicted molar refractivity (Wildman–Crippen MR) is 171 cm³/mol. The number of hydrogen-bond donors (Lipinski definition) is 3. The van der Waals surface area contributed by atoms with Gasteiger partial charge in [-0.1, -0.05) is 66.2 Å². The minimum atomic E-state index is -0.763. The van der Waals surface area contributed by atoms with Gasteiger partial charge in [-0.3, -0.25) is 19.3 Å². The first kappa shape index (κ1) is 33.4. The second-order valence-corrected chi connectivity index (χ2v) is 11.6. The zero-order chi connectivity index (χ0) is 30.3. The summed E-state index contributed by atoms with van der Waals surface area (Å²) in [7, 11) is 0. The molecule has 3 aromatic rings. The smallest absolute Gasteiger partial charge is 0.245 e. The van der Waals surface area contributed by atoms with E-state index in [0.29, 0.717) is 56.2 Å². The van der Waals surface area contributed by atoms with Gasteiger partial charge in [0.2, 0.25) is 17.7 Å². The fraction of sp³-hybridized carbons (Fsp3) is 0.364. The molecule has 0 spiro atoms. The Kier molecular flexibility index (Phi) is 11.7. The van der Waals surface area contributed by atoms with Crippen LogP contribution in [-0.4, -0.2) is 72.3 Å². The number of amides is 3. The highest BCUT2D eigenvalue weighted by Crippen LogP contribution is 2.25. The van der Waals surface area contributed by atoms with Crippen LogP contribution in [0.5, 0.6) is 0 Å². The third-order valence-corrected chi connectivity index (χ3v) is 8.49. The zero-order valence-electron chi connectivity index (χ0n) is 24.6. The van der Waals surface area contributed by atoms with Crippen molar-refractivity contribution >= 4 is 41.7 Å². The number of piperazine rings is 1. The highest BCUT2D eigenvalue weighted by atomic mass is 35.5. The molecule has 234 valence electrons. The Morgan fingerprint density at radius 1 is 0.955 bits per heavy atom. The number of carbonyl (C=O) groups is 3. The molecule has 0 bridgehead atoms. The number of rotatable bonds is 9. The minimum absolute atomic E-state index is 0. The van der Waals surface area contributed by atoms with Crippen LogP contribution in [0, 0.1) is 5.82 Å². The molecule has 1 saturated heterocycles. The van der Waals surface area contributed by atoms with E-state index in [2.05, 4.69) is 26.9 Å². The Hall–Kier alpha value is -3.50. The molecule has 1 fully saturated rings. The van der Waals surface area contributed by atoms with Crippen LogP contribution in [0.2, 0.25) is 5.02 Å². The van der Waals surface area contributed by atoms with E-state index in [1.54, 1.807) is 35.2 Å². The number of carbonyl (C=O) groups excluding carboxylic acids is 3. The van der Waals surface area contributed by atoms with Crippen molar-refractivity contribution in [3.8, 4) is 0 Å². The first-order valence-electron chi connectivity index (χ1n) is 14.6. The Bertz CT molecular complexity index is 1450. The lowest BCUT2D eigenvalue weighted by molar-refractivity contribution is -0.138. The van der Waals surface area contributed by atoms with Gasteiger partial charge < -0.3 is 20.9 Å². The molecule has 5 rings (SSSR count). The van der Waals surface area contributed by atoms with Crippen molar-refractivity contribution in [1.82, 2.24) is 25.8 Å². The summed E-state index contributed by atoms with van der Waals surface area (Å²) in [6, 6.07) is 20.3. The summed E-state index contributed by atoms with van der Waals surface area (Å²) >= 11 is 6.09. The maximum atomic E-state index is 14.8. The highest BCUT2D eigenvalue weighted by Gasteiger charge is 2.34. The fourth-order valence-electron chi connectivity index (χ4n) is 5.86. The summed E-state index contributed by atoms with van der Waals surface area (Å²) in [4.78, 5) is 42.9. The SMILES string of the molecule is CC(=O)NCC(c1ccccc1F)N1CCN(C(=O)C(Cc2ccc(Cl)cc2)NC(=O)C2Cc3ccccc3CN2)CC1.Cl. The molecule has 2 heterocycles. The van der Waals surface area contributed by atoms with Crippen LogP contribution in [-0.2, 0) is 33.8 Å². The quantitative estimate of drug-likeness (QED) is 0.332. The van der Waals surface area contributed by atoms with Gasteiger partial charge in [-0.15, -0.1) is 12.4 Å². The van der Waals surface area contributed by atoms with Gasteiger partial charge in [0.05, 0.1) is 12.1 Å². The maximum Gasteiger partial charge on any atom is 0.245 e. The molecule has 44 heavy (non-hydrogen) atoms. The second-order valence-electron chi connectivity index (χ2n) is 11.1. The summed E-state index contributed by atoms with van der Waals surface area (Å²) in [6.45, 7) is 4.09. The molecule has 8 nitrogen and oxygen atoms in total. The summed E-state index contributed by atoms with van der Waals surface area (Å²) in [6.07, 6.45) is 0.875. The Morgan fingerprint density at radius 3 is 2.30 bits per heavy atom. The van der Waals surface area contributed by atoms with Crippen molar-refractivity contribution in [3.05, 3.63) is 106 Å². The van der Waals surface area contributed by atoms with E-state index in [9.17, 15) is 18.8 Å². The summed E-state index contributed by atoms with van der Waals surface area (Å²) < 4.78 is 14.8. The average molecular weight is 643 g/mol. The predicted octanol–water partition coefficient (Wildman–Crippen LogP) is 3.66. The molecule has 3 unspecified atom stereocenters. The van der Waals surface area contributed by atoms with E-state index in [1.165, 1.54) is 18.6 Å². The number of benzene rings is 3. The van der Waals surface area contributed by atoms with Crippen LogP contribution < -0.4 is 16.0 Å². The fourth-order valence-corrected chi connectivity index (χ4v) is 5.99. The molecule has 0 saturated carbocycles. The van der Waals surface area contributed by atoms with Gasteiger partial charge in [0.15, 0.2) is 0 Å². The normalized spacial score (nSPS) is 17.9. The van der Waals surface area contributed by atoms with E-state index >= 15 is 0 Å². The van der Waals surface area contributed by atoms with Gasteiger partial charge in [0, 0.05) is 63.2 Å². The number of halogens is 3. The van der Waals surface area contributed by atoms with Gasteiger partial charge in [-0.2, -0.15) is 0 Å². The number of fused-ring (bicyclic) bond motifs is 1. The Morgan fingerprint density at radius 2 is 1.61 bits per heavy atom. The first-order valence-corrected chi connectivity index (χ1v) is 15.0. The number of nitrogens with one attached hydrogen (secondary N) is 3. The van der Waals surface area contributed by atoms with E-state index in [4.69, 9.17) is 11.6 Å². The highest BCUT2D eigenvalue weighted by molar-refractivity contribution is 6.30. The Balaban J connectivity index is 0.00000442. The largest absolute Gasteiger partial charge is 0.354 e. The third-order valence-electron chi connectivity index (χ3n) is 8.24. The van der Waals surface area contributed by atoms with Crippen LogP contribution in [0.1, 0.15) is 35.2 Å². The van der Waals surface area contributed by atoms with Gasteiger partial charge in [0.25, 0.3) is 0 Å². The molecule has 0 aromatic heterocycles. The van der Waals surface area contributed by atoms with Gasteiger partial charge in [-0.25, -0.2) is 4.39 Å². The topological polar surface area (TPSA) is 93.8 Å². The first-order chi connectivity index (χ1) is 20.8. The molecule has 3 amide bonds. The van der Waals surface area contributed by atoms with Crippen LogP contribution in [0.3, 0.4) is 0 Å². The maximum absolute atomic E-state index is 14.8. The van der Waals surface area contributed by atoms with Crippen molar-refractivity contribution in [1.29, 1.82) is 0 Å². The molecule has 3 N–H and O–H groups in total. The second kappa shape index (κ2) is 15.5. The van der Waals surface area contributed by atoms with Crippen molar-refractivity contribution in [3.63, 3.8) is 0 Å². The van der Waals surface area contributed by atoms with Crippen molar-refractivity contribution in [2.24, 2.45) is 0 Å². The number of nitrogens with zero attached hydrogens (tertiary/aromatic N) is 2. The monoisotopic (exact) mass is 641 g/mol. The van der Waals surface area contributed by atoms with E-state index in [-0.39, 0.29) is 48.5 Å². The standard InChI is InChI=1S/C33H37ClFN5O3.ClH/c1-22(41)36-21-31(27-8-4-5-9-28(27)35)39-14-16-40(17-15-39)33(43)30(18-23-10-12-26(34)13-11-23)38-32(42)29-19-24-6-2-3-7-25(24)20-37-29;/h2-13,29-31,37H,14-21H2,1H3,(H,36,41)(H,38,42);1H. The van der Waals surface area contributed by atoms with E-state index < -0.39 is 12.1 Å². The summed E-state index contributed by atoms with van der Waals surface area (Å²) in [5.41, 5.74) is 3.69. The molecule has 0 aliphatic carbocycles. The molecule has 0 radical (unpaired) electrons. The summed E-state index contributed by atoms with van der Waals surface area (Å²) in [5.74, 6) is -0.897. The van der Waals surface area contributed by atoms with Crippen molar-refractivity contribution in [2.75, 3.05) is 32.7 Å². The molecule has 11 heteroatoms. The molecular formula is C33H38Cl2FN5O3. The summed E-state index contributed by atoms with van der Waals surface area (Å²) in [5, 5.41) is 9.77. The van der Waals surface area contributed by atoms with E-state index in [0.717, 1.165) is 11.1 Å². The molecule has 3 aromatic carbocycles. The third kappa shape index (κ3) is 8.35. The average Bonchev–Trinajstić information content (AvgIpc) is 3.02. The molecule has 3 atom stereocenters. The minimum Gasteiger partial charge on any atom is -0.354 e. The lowest BCUT2D eigenvalue weighted by Crippen LogP contribution is -2.58. The molecule has 2 aliphatic rings. The lowest BCUT2D eigenvalue weighted by Gasteiger charge is -2.40. The lowest BCUT2D eigenvalue weighted by atomic mass is 9.95. The molecule has 2 aliphatic heterocycles. The van der Waals surface area contributed by atoms with E-state index in [1.807, 2.05) is 30.3 Å². The van der Waals surface area contributed by atoms with Crippen LogP contribution in [0.25, 0.3) is 0 Å². The van der Waals surface area contributed by atoms with Crippen LogP contribution >= 0.6 is 24.0 Å². The zero-order valence-corrected chi connectivity index (χ0v) is 26.2. The van der Waals surface area contributed by atoms with Crippen molar-refractivity contribution in [2.45, 2.75) is 44.4 Å². The Labute approximate surface area is 268 Å². The van der Waals surface area contributed by atoms with Crippen molar-refractivity contribution < 1.29 is 18.8 Å². The van der Waals surface area contributed by atoms with Crippen LogP contribution in [0.15, 0.2) is 72.8 Å². The van der Waals surface area contributed by atoms with Crippen LogP contribution in [0.4, 0.5) is 4.39 Å². The van der Waals surface area contributed by atoms with Gasteiger partial charge in [-0.05, 0) is 41.3 Å².